The van der Waals surface area contributed by atoms with Crippen molar-refractivity contribution in [2.45, 2.75) is 102 Å². The number of ether oxygens (including phenoxy) is 1. The Bertz CT molecular complexity index is 585. The molecular weight excluding hydrogens is 374 g/mol. The summed E-state index contributed by atoms with van der Waals surface area (Å²) in [4.78, 5) is 38.3. The predicted octanol–water partition coefficient (Wildman–Crippen LogP) is 1.69. The lowest BCUT2D eigenvalue weighted by molar-refractivity contribution is -0.874. The van der Waals surface area contributed by atoms with Crippen molar-refractivity contribution in [2.24, 2.45) is 11.5 Å². The molecule has 2 saturated heterocycles. The van der Waals surface area contributed by atoms with E-state index >= 15 is 0 Å². The van der Waals surface area contributed by atoms with Gasteiger partial charge < -0.3 is 21.3 Å². The monoisotopic (exact) mass is 412 g/mol. The maximum absolute atomic E-state index is 13.5. The van der Waals surface area contributed by atoms with Gasteiger partial charge >= 0.3 is 17.8 Å². The molecule has 2 rings (SSSR count). The molecule has 3 unspecified atom stereocenters. The summed E-state index contributed by atoms with van der Waals surface area (Å²) in [5.74, 6) is -1.81. The van der Waals surface area contributed by atoms with Crippen molar-refractivity contribution in [3.63, 3.8) is 0 Å². The zero-order chi connectivity index (χ0) is 21.4. The molecule has 0 aromatic heterocycles. The minimum Gasteiger partial charge on any atom is -0.477 e. The van der Waals surface area contributed by atoms with Gasteiger partial charge in [0.15, 0.2) is 12.1 Å². The number of quaternary nitrogens is 1. The van der Waals surface area contributed by atoms with Crippen LogP contribution in [0.5, 0.6) is 0 Å². The van der Waals surface area contributed by atoms with Crippen LogP contribution in [-0.2, 0) is 19.1 Å². The number of hydrogen-bond donors (Lipinski definition) is 3. The van der Waals surface area contributed by atoms with Crippen molar-refractivity contribution in [1.82, 2.24) is 0 Å². The summed E-state index contributed by atoms with van der Waals surface area (Å²) in [5.41, 5.74) is 11.7. The molecule has 0 saturated carbocycles. The number of likely N-dealkylation sites (tertiary alicyclic amines) is 1. The molecular formula is C21H38N3O5+. The number of hydrogen-bond acceptors (Lipinski definition) is 6. The molecule has 5 N–H and O–H groups in total. The van der Waals surface area contributed by atoms with Crippen molar-refractivity contribution < 1.29 is 28.7 Å². The van der Waals surface area contributed by atoms with Gasteiger partial charge in [-0.15, -0.1) is 0 Å². The van der Waals surface area contributed by atoms with Crippen LogP contribution in [0.15, 0.2) is 0 Å². The summed E-state index contributed by atoms with van der Waals surface area (Å²) in [6.07, 6.45) is 8.11. The number of carbonyl (C=O) groups excluding carboxylic acids is 2. The number of carbonyl (C=O) groups is 3. The lowest BCUT2D eigenvalue weighted by Gasteiger charge is -2.40. The molecule has 0 bridgehead atoms. The van der Waals surface area contributed by atoms with E-state index in [4.69, 9.17) is 16.2 Å². The van der Waals surface area contributed by atoms with Gasteiger partial charge in [-0.25, -0.2) is 18.9 Å². The van der Waals surface area contributed by atoms with Crippen LogP contribution in [0, 0.1) is 0 Å². The fourth-order valence-corrected chi connectivity index (χ4v) is 4.97. The van der Waals surface area contributed by atoms with Gasteiger partial charge in [-0.3, -0.25) is 0 Å². The van der Waals surface area contributed by atoms with Crippen molar-refractivity contribution in [2.75, 3.05) is 13.1 Å². The molecule has 0 radical (unpaired) electrons. The molecule has 0 aliphatic carbocycles. The number of carboxylic acid groups (broad SMARTS) is 1. The van der Waals surface area contributed by atoms with Crippen molar-refractivity contribution in [3.8, 4) is 0 Å². The second-order valence-electron chi connectivity index (χ2n) is 8.54. The predicted molar refractivity (Wildman–Crippen MR) is 109 cm³/mol. The first-order valence-corrected chi connectivity index (χ1v) is 11.2. The van der Waals surface area contributed by atoms with Gasteiger partial charge in [0.25, 0.3) is 0 Å². The maximum Gasteiger partial charge on any atom is 0.365 e. The summed E-state index contributed by atoms with van der Waals surface area (Å²) in [6.45, 7) is 3.00. The largest absolute Gasteiger partial charge is 0.477 e. The fraction of sp³-hybridized carbons (Fsp3) is 0.857. The number of nitrogens with zero attached hydrogens (tertiary/aromatic N) is 1. The summed E-state index contributed by atoms with van der Waals surface area (Å²) < 4.78 is 5.22. The molecule has 8 heteroatoms. The first-order chi connectivity index (χ1) is 13.9. The summed E-state index contributed by atoms with van der Waals surface area (Å²) in [5, 5.41) is 9.83. The molecule has 2 aliphatic heterocycles. The van der Waals surface area contributed by atoms with Crippen LogP contribution >= 0.6 is 0 Å². The molecule has 1 amide bonds. The molecule has 0 spiro atoms. The Balaban J connectivity index is 2.19. The van der Waals surface area contributed by atoms with Crippen LogP contribution in [0.3, 0.4) is 0 Å². The standard InChI is InChI=1S/C21H37N3O5/c1-2-3-4-5-9-15-14-18(21(28)29-15)24(13-8-11-17(24)20(26)27)19(25)16(23)10-6-7-12-22/h15-18H,2-14,22-23H2,1H3/p+1/t15?,16-,17-,18?,24?/m0/s1. The summed E-state index contributed by atoms with van der Waals surface area (Å²) in [7, 11) is 0. The smallest absolute Gasteiger partial charge is 0.365 e. The van der Waals surface area contributed by atoms with Crippen LogP contribution in [0.1, 0.15) is 77.6 Å². The van der Waals surface area contributed by atoms with Gasteiger partial charge in [-0.05, 0) is 38.6 Å². The molecule has 0 aromatic carbocycles. The third-order valence-electron chi connectivity index (χ3n) is 6.52. The number of esters is 1. The van der Waals surface area contributed by atoms with E-state index in [0.717, 1.165) is 38.5 Å². The normalized spacial score (nSPS) is 30.3. The van der Waals surface area contributed by atoms with Gasteiger partial charge in [0.05, 0.1) is 6.54 Å². The average Bonchev–Trinajstić information content (AvgIpc) is 3.29. The Labute approximate surface area is 173 Å². The number of aliphatic carboxylic acids is 1. The molecule has 0 aromatic rings. The quantitative estimate of drug-likeness (QED) is 0.252. The highest BCUT2D eigenvalue weighted by Crippen LogP contribution is 2.38. The van der Waals surface area contributed by atoms with E-state index in [0.29, 0.717) is 45.2 Å². The zero-order valence-electron chi connectivity index (χ0n) is 17.7. The molecule has 166 valence electrons. The third-order valence-corrected chi connectivity index (χ3v) is 6.52. The molecule has 8 nitrogen and oxygen atoms in total. The van der Waals surface area contributed by atoms with Gasteiger partial charge in [0, 0.05) is 19.3 Å². The third kappa shape index (κ3) is 5.35. The van der Waals surface area contributed by atoms with Gasteiger partial charge in [0.2, 0.25) is 0 Å². The molecule has 2 fully saturated rings. The SMILES string of the molecule is CCCCCCC1CC([N+]2(C(=O)[C@@H](N)CCCCN)CCC[C@H]2C(=O)O)C(=O)O1. The van der Waals surface area contributed by atoms with E-state index < -0.39 is 30.1 Å². The van der Waals surface area contributed by atoms with Crippen LogP contribution in [0.2, 0.25) is 0 Å². The molecule has 5 atom stereocenters. The van der Waals surface area contributed by atoms with Crippen molar-refractivity contribution in [1.29, 1.82) is 0 Å². The second-order valence-corrected chi connectivity index (χ2v) is 8.54. The Morgan fingerprint density at radius 1 is 1.24 bits per heavy atom. The average molecular weight is 413 g/mol. The highest BCUT2D eigenvalue weighted by atomic mass is 16.6. The van der Waals surface area contributed by atoms with E-state index in [1.165, 1.54) is 0 Å². The number of amides is 1. The highest BCUT2D eigenvalue weighted by Gasteiger charge is 2.62. The van der Waals surface area contributed by atoms with E-state index in [-0.39, 0.29) is 16.5 Å². The van der Waals surface area contributed by atoms with Crippen LogP contribution in [0.4, 0.5) is 0 Å². The van der Waals surface area contributed by atoms with Crippen molar-refractivity contribution >= 4 is 17.8 Å². The van der Waals surface area contributed by atoms with Gasteiger partial charge in [-0.2, -0.15) is 0 Å². The Morgan fingerprint density at radius 2 is 2.00 bits per heavy atom. The van der Waals surface area contributed by atoms with E-state index in [9.17, 15) is 19.5 Å². The van der Waals surface area contributed by atoms with E-state index in [1.807, 2.05) is 0 Å². The minimum atomic E-state index is -1.04. The molecule has 2 heterocycles. The number of cyclic esters (lactones) is 1. The van der Waals surface area contributed by atoms with Crippen LogP contribution in [0.25, 0.3) is 0 Å². The lowest BCUT2D eigenvalue weighted by Crippen LogP contribution is -2.69. The molecule has 2 aliphatic rings. The van der Waals surface area contributed by atoms with Crippen LogP contribution < -0.4 is 11.5 Å². The Hall–Kier alpha value is -1.51. The first kappa shape index (κ1) is 23.8. The topological polar surface area (TPSA) is 133 Å². The number of carboxylic acids is 1. The Kier molecular flexibility index (Phi) is 9.04. The summed E-state index contributed by atoms with van der Waals surface area (Å²) >= 11 is 0. The van der Waals surface area contributed by atoms with E-state index in [1.54, 1.807) is 0 Å². The molecule has 29 heavy (non-hydrogen) atoms. The number of nitrogens with two attached hydrogens (primary N) is 2. The van der Waals surface area contributed by atoms with Gasteiger partial charge in [0.1, 0.15) is 12.1 Å². The number of unbranched alkanes of at least 4 members (excludes halogenated alkanes) is 4. The lowest BCUT2D eigenvalue weighted by atomic mass is 9.98. The van der Waals surface area contributed by atoms with Crippen molar-refractivity contribution in [3.05, 3.63) is 0 Å². The highest BCUT2D eigenvalue weighted by molar-refractivity contribution is 5.85. The Morgan fingerprint density at radius 3 is 2.66 bits per heavy atom. The second kappa shape index (κ2) is 11.0. The minimum absolute atomic E-state index is 0.240. The van der Waals surface area contributed by atoms with E-state index in [2.05, 4.69) is 6.92 Å². The fourth-order valence-electron chi connectivity index (χ4n) is 4.97. The zero-order valence-corrected chi connectivity index (χ0v) is 17.7. The summed E-state index contributed by atoms with van der Waals surface area (Å²) in [6, 6.07) is -2.49. The van der Waals surface area contributed by atoms with Gasteiger partial charge in [-0.1, -0.05) is 26.2 Å². The number of rotatable bonds is 12. The van der Waals surface area contributed by atoms with Crippen LogP contribution in [-0.4, -0.2) is 64.8 Å². The first-order valence-electron chi connectivity index (χ1n) is 11.2. The maximum atomic E-state index is 13.5.